The van der Waals surface area contributed by atoms with Crippen molar-refractivity contribution >= 4 is 43.6 Å². The van der Waals surface area contributed by atoms with Gasteiger partial charge in [-0.3, -0.25) is 0 Å². The maximum atomic E-state index is 5.23. The van der Waals surface area contributed by atoms with Crippen molar-refractivity contribution in [1.82, 2.24) is 19.1 Å². The fourth-order valence-electron chi connectivity index (χ4n) is 7.50. The van der Waals surface area contributed by atoms with E-state index in [4.69, 9.17) is 9.97 Å². The molecule has 0 N–H and O–H groups in total. The number of benzene rings is 7. The fourth-order valence-corrected chi connectivity index (χ4v) is 7.50. The summed E-state index contributed by atoms with van der Waals surface area (Å²) < 4.78 is 4.80. The molecule has 0 saturated carbocycles. The summed E-state index contributed by atoms with van der Waals surface area (Å²) in [6.07, 6.45) is 4.00. The van der Waals surface area contributed by atoms with Crippen LogP contribution in [0.25, 0.3) is 88.9 Å². The molecule has 4 heteroatoms. The molecule has 10 rings (SSSR count). The van der Waals surface area contributed by atoms with Crippen molar-refractivity contribution in [2.45, 2.75) is 13.8 Å². The molecule has 0 amide bonds. The molecule has 0 unspecified atom stereocenters. The molecular weight excluding hydrogens is 657 g/mol. The van der Waals surface area contributed by atoms with Crippen LogP contribution in [0.4, 0.5) is 0 Å². The number of rotatable bonds is 5. The molecule has 0 bridgehead atoms. The minimum Gasteiger partial charge on any atom is -0.309 e. The summed E-state index contributed by atoms with van der Waals surface area (Å²) >= 11 is 0. The number of para-hydroxylation sites is 4. The fraction of sp³-hybridized carbons (Fsp3) is 0.0400. The average Bonchev–Trinajstić information content (AvgIpc) is 3.77. The second kappa shape index (κ2) is 14.2. The lowest BCUT2D eigenvalue weighted by molar-refractivity contribution is 1.14. The molecule has 0 atom stereocenters. The summed E-state index contributed by atoms with van der Waals surface area (Å²) in [6, 6.07) is 64.3. The van der Waals surface area contributed by atoms with Crippen molar-refractivity contribution in [1.29, 1.82) is 0 Å². The Morgan fingerprint density at radius 3 is 1.48 bits per heavy atom. The first-order chi connectivity index (χ1) is 26.7. The van der Waals surface area contributed by atoms with E-state index in [-0.39, 0.29) is 0 Å². The molecule has 0 aliphatic carbocycles. The summed E-state index contributed by atoms with van der Waals surface area (Å²) in [4.78, 5) is 10.3. The van der Waals surface area contributed by atoms with Crippen molar-refractivity contribution in [2.24, 2.45) is 0 Å². The summed E-state index contributed by atoms with van der Waals surface area (Å²) in [7, 11) is 0. The number of hydrogen-bond acceptors (Lipinski definition) is 2. The molecule has 10 aromatic rings. The van der Waals surface area contributed by atoms with Crippen LogP contribution < -0.4 is 0 Å². The van der Waals surface area contributed by atoms with Gasteiger partial charge >= 0.3 is 0 Å². The lowest BCUT2D eigenvalue weighted by Gasteiger charge is -2.16. The van der Waals surface area contributed by atoms with Crippen LogP contribution in [0.3, 0.4) is 0 Å². The minimum atomic E-state index is 0.702. The molecule has 3 aromatic heterocycles. The molecule has 0 aliphatic rings. The Balaban J connectivity index is 0.000000918. The van der Waals surface area contributed by atoms with Gasteiger partial charge in [-0.1, -0.05) is 152 Å². The molecule has 7 aromatic carbocycles. The van der Waals surface area contributed by atoms with Crippen molar-refractivity contribution < 1.29 is 0 Å². The molecule has 0 fully saturated rings. The van der Waals surface area contributed by atoms with Gasteiger partial charge < -0.3 is 9.13 Å². The maximum Gasteiger partial charge on any atom is 0.160 e. The van der Waals surface area contributed by atoms with E-state index in [0.717, 1.165) is 50.5 Å². The van der Waals surface area contributed by atoms with Gasteiger partial charge in [0.1, 0.15) is 0 Å². The van der Waals surface area contributed by atoms with Crippen LogP contribution >= 0.6 is 0 Å². The normalized spacial score (nSPS) is 11.4. The molecule has 0 radical (unpaired) electrons. The van der Waals surface area contributed by atoms with E-state index in [0.29, 0.717) is 5.82 Å². The first kappa shape index (κ1) is 32.8. The third kappa shape index (κ3) is 5.75. The first-order valence-corrected chi connectivity index (χ1v) is 18.4. The smallest absolute Gasteiger partial charge is 0.160 e. The van der Waals surface area contributed by atoms with Gasteiger partial charge in [0, 0.05) is 43.9 Å². The van der Waals surface area contributed by atoms with Crippen molar-refractivity contribution in [2.75, 3.05) is 0 Å². The van der Waals surface area contributed by atoms with Crippen molar-refractivity contribution in [3.05, 3.63) is 194 Å². The van der Waals surface area contributed by atoms with Gasteiger partial charge in [0.15, 0.2) is 5.82 Å². The zero-order chi connectivity index (χ0) is 36.4. The number of allylic oxidation sites excluding steroid dienone is 2. The second-order valence-electron chi connectivity index (χ2n) is 13.3. The van der Waals surface area contributed by atoms with Crippen LogP contribution in [-0.4, -0.2) is 19.1 Å². The highest BCUT2D eigenvalue weighted by Gasteiger charge is 2.19. The number of aromatic nitrogens is 4. The van der Waals surface area contributed by atoms with Crippen LogP contribution in [0.15, 0.2) is 194 Å². The number of fused-ring (bicyclic) bond motifs is 6. The third-order valence-electron chi connectivity index (χ3n) is 10.1. The Kier molecular flexibility index (Phi) is 8.62. The first-order valence-electron chi connectivity index (χ1n) is 18.4. The molecule has 54 heavy (non-hydrogen) atoms. The Labute approximate surface area is 314 Å². The van der Waals surface area contributed by atoms with Crippen LogP contribution in [0.5, 0.6) is 0 Å². The lowest BCUT2D eigenvalue weighted by atomic mass is 10.0. The van der Waals surface area contributed by atoms with Crippen LogP contribution in [0.1, 0.15) is 13.8 Å². The molecule has 3 heterocycles. The van der Waals surface area contributed by atoms with Gasteiger partial charge in [-0.05, 0) is 56.3 Å². The molecule has 0 saturated heterocycles. The highest BCUT2D eigenvalue weighted by molar-refractivity contribution is 6.12. The third-order valence-corrected chi connectivity index (χ3v) is 10.1. The summed E-state index contributed by atoms with van der Waals surface area (Å²) in [5.74, 6) is 0.702. The van der Waals surface area contributed by atoms with Crippen molar-refractivity contribution in [3.63, 3.8) is 0 Å². The molecule has 0 aliphatic heterocycles. The van der Waals surface area contributed by atoms with Crippen LogP contribution in [0.2, 0.25) is 0 Å². The summed E-state index contributed by atoms with van der Waals surface area (Å²) in [5.41, 5.74) is 11.7. The quantitative estimate of drug-likeness (QED) is 0.168. The van der Waals surface area contributed by atoms with E-state index >= 15 is 0 Å². The Morgan fingerprint density at radius 2 is 0.870 bits per heavy atom. The average molecular weight is 695 g/mol. The largest absolute Gasteiger partial charge is 0.309 e. The predicted octanol–water partition coefficient (Wildman–Crippen LogP) is 13.3. The maximum absolute atomic E-state index is 5.23. The number of nitrogens with zero attached hydrogens (tertiary/aromatic N) is 4. The SMILES string of the molecule is C/C=C\C.c1ccc(-c2cc(-c3ccccc3-n3c4ccccc4c4ccc(-n5c6ccccc6c6ccccc65)cc43)nc(-c3ccccc3)n2)cc1. The minimum absolute atomic E-state index is 0.702. The Morgan fingerprint density at radius 1 is 0.389 bits per heavy atom. The monoisotopic (exact) mass is 694 g/mol. The summed E-state index contributed by atoms with van der Waals surface area (Å²) in [5, 5.41) is 4.92. The molecule has 4 nitrogen and oxygen atoms in total. The van der Waals surface area contributed by atoms with E-state index in [2.05, 4.69) is 167 Å². The zero-order valence-electron chi connectivity index (χ0n) is 30.3. The van der Waals surface area contributed by atoms with Gasteiger partial charge in [-0.2, -0.15) is 0 Å². The summed E-state index contributed by atoms with van der Waals surface area (Å²) in [6.45, 7) is 4.00. The predicted molar refractivity (Wildman–Crippen MR) is 228 cm³/mol. The van der Waals surface area contributed by atoms with Gasteiger partial charge in [0.2, 0.25) is 0 Å². The van der Waals surface area contributed by atoms with E-state index < -0.39 is 0 Å². The van der Waals surface area contributed by atoms with Gasteiger partial charge in [-0.25, -0.2) is 9.97 Å². The molecule has 258 valence electrons. The van der Waals surface area contributed by atoms with E-state index in [9.17, 15) is 0 Å². The standard InChI is InChI=1S/C46H30N4.C4H8/c1-3-15-31(16-4-1)39-30-40(48-46(47-39)32-17-5-2-6-18-32)38-22-10-14-26-44(38)50-43-25-13-9-21-36(43)37-28-27-33(29-45(37)50)49-41-23-11-7-19-34(41)35-20-8-12-24-42(35)49;1-3-4-2/h1-30H;3-4H,1-2H3/b;4-3-. The molecule has 0 spiro atoms. The van der Waals surface area contributed by atoms with Gasteiger partial charge in [0.25, 0.3) is 0 Å². The Hall–Kier alpha value is -7.04. The van der Waals surface area contributed by atoms with Crippen LogP contribution in [-0.2, 0) is 0 Å². The zero-order valence-corrected chi connectivity index (χ0v) is 30.3. The topological polar surface area (TPSA) is 35.6 Å². The van der Waals surface area contributed by atoms with Crippen LogP contribution in [0, 0.1) is 0 Å². The van der Waals surface area contributed by atoms with E-state index in [1.807, 2.05) is 50.3 Å². The van der Waals surface area contributed by atoms with E-state index in [1.165, 1.54) is 32.6 Å². The van der Waals surface area contributed by atoms with Gasteiger partial charge in [-0.15, -0.1) is 0 Å². The van der Waals surface area contributed by atoms with E-state index in [1.54, 1.807) is 0 Å². The highest BCUT2D eigenvalue weighted by atomic mass is 15.0. The van der Waals surface area contributed by atoms with Gasteiger partial charge in [0.05, 0.1) is 39.1 Å². The van der Waals surface area contributed by atoms with Crippen molar-refractivity contribution in [3.8, 4) is 45.3 Å². The second-order valence-corrected chi connectivity index (χ2v) is 13.3. The number of hydrogen-bond donors (Lipinski definition) is 0. The highest BCUT2D eigenvalue weighted by Crippen LogP contribution is 2.39. The molecular formula is C50H38N4. The lowest BCUT2D eigenvalue weighted by Crippen LogP contribution is -2.01. The Bertz CT molecular complexity index is 2840.